The van der Waals surface area contributed by atoms with Crippen LogP contribution in [0.25, 0.3) is 32.5 Å². The van der Waals surface area contributed by atoms with Crippen LogP contribution in [0.2, 0.25) is 10.0 Å². The molecular weight excluding hydrogens is 996 g/mol. The molecule has 0 atom stereocenters. The van der Waals surface area contributed by atoms with E-state index >= 15 is 0 Å². The first-order chi connectivity index (χ1) is 32.9. The molecule has 0 unspecified atom stereocenters. The Labute approximate surface area is 415 Å². The molecule has 0 aliphatic rings. The Balaban J connectivity index is 0.000000206. The number of aryl methyl sites for hydroxylation is 4. The average molecular weight is 1040 g/mol. The molecule has 0 aliphatic heterocycles. The third-order valence-corrected chi connectivity index (χ3v) is 13.1. The first-order valence-corrected chi connectivity index (χ1v) is 23.3. The van der Waals surface area contributed by atoms with Crippen molar-refractivity contribution >= 4 is 45.9 Å². The fourth-order valence-electron chi connectivity index (χ4n) is 6.78. The first kappa shape index (κ1) is 51.4. The predicted octanol–water partition coefficient (Wildman–Crippen LogP) is 10.2. The number of hydrogen-bond acceptors (Lipinski definition) is 14. The van der Waals surface area contributed by atoms with Crippen LogP contribution in [0.4, 0.5) is 17.6 Å². The zero-order chi connectivity index (χ0) is 51.0. The Hall–Kier alpha value is -6.42. The summed E-state index contributed by atoms with van der Waals surface area (Å²) in [5.74, 6) is -2.61. The van der Waals surface area contributed by atoms with Gasteiger partial charge in [-0.2, -0.15) is 0 Å². The standard InChI is InChI=1S/2C24H21ClF2N4O3S/c2*1-12-7-19(34-11-17-15(27)8-14(26)10-29-17)21(25)22(32)31(12)18-9-20(35-13(18)2)16-5-6-28-23(30-16)24(3,4)33/h2*5-10,33H,11H2,1-4H3. The molecule has 70 heavy (non-hydrogen) atoms. The minimum atomic E-state index is -1.20. The number of pyridine rings is 4. The van der Waals surface area contributed by atoms with Crippen LogP contribution in [0.15, 0.2) is 82.9 Å². The van der Waals surface area contributed by atoms with E-state index in [-0.39, 0.29) is 57.8 Å². The van der Waals surface area contributed by atoms with Crippen LogP contribution < -0.4 is 20.6 Å². The Morgan fingerprint density at radius 2 is 0.971 bits per heavy atom. The van der Waals surface area contributed by atoms with Crippen LogP contribution in [0.1, 0.15) is 71.9 Å². The predicted molar refractivity (Wildman–Crippen MR) is 258 cm³/mol. The van der Waals surface area contributed by atoms with E-state index in [9.17, 15) is 37.4 Å². The van der Waals surface area contributed by atoms with Crippen molar-refractivity contribution in [3.05, 3.63) is 172 Å². The molecule has 0 saturated heterocycles. The number of aromatic nitrogens is 8. The van der Waals surface area contributed by atoms with Crippen molar-refractivity contribution in [1.29, 1.82) is 0 Å². The van der Waals surface area contributed by atoms with E-state index in [1.54, 1.807) is 78.2 Å². The van der Waals surface area contributed by atoms with Gasteiger partial charge in [-0.05, 0) is 79.7 Å². The molecule has 0 radical (unpaired) electrons. The SMILES string of the molecule is Cc1sc(-c2ccnc(C(C)(C)O)n2)cc1-n1c(C)cc(OCc2ncc(F)cc2F)c(Cl)c1=O.Cc1sc(-c2ccnc(C(C)(C)O)n2)cc1-n1c(C)cc(OCc2ncc(F)cc2F)c(Cl)c1=O. The third kappa shape index (κ3) is 11.3. The Morgan fingerprint density at radius 3 is 1.31 bits per heavy atom. The van der Waals surface area contributed by atoms with E-state index in [4.69, 9.17) is 32.7 Å². The van der Waals surface area contributed by atoms with E-state index in [1.165, 1.54) is 31.8 Å². The Bertz CT molecular complexity index is 3180. The summed E-state index contributed by atoms with van der Waals surface area (Å²) >= 11 is 15.5. The van der Waals surface area contributed by atoms with Gasteiger partial charge in [0.2, 0.25) is 0 Å². The van der Waals surface area contributed by atoms with E-state index in [0.29, 0.717) is 46.3 Å². The number of halogens is 6. The Kier molecular flexibility index (Phi) is 15.1. The lowest BCUT2D eigenvalue weighted by molar-refractivity contribution is 0.0683. The quantitative estimate of drug-likeness (QED) is 0.111. The number of ether oxygens (including phenoxy) is 2. The summed E-state index contributed by atoms with van der Waals surface area (Å²) in [6.45, 7) is 12.9. The molecule has 0 amide bonds. The maximum atomic E-state index is 13.9. The monoisotopic (exact) mass is 1040 g/mol. The molecule has 2 N–H and O–H groups in total. The van der Waals surface area contributed by atoms with Gasteiger partial charge in [-0.25, -0.2) is 37.5 Å². The lowest BCUT2D eigenvalue weighted by Gasteiger charge is -2.15. The van der Waals surface area contributed by atoms with Crippen molar-refractivity contribution in [3.63, 3.8) is 0 Å². The van der Waals surface area contributed by atoms with Crippen LogP contribution in [0.5, 0.6) is 11.5 Å². The van der Waals surface area contributed by atoms with E-state index < -0.39 is 45.6 Å². The van der Waals surface area contributed by atoms with E-state index in [1.807, 2.05) is 26.0 Å². The second-order valence-corrected chi connectivity index (χ2v) is 20.0. The van der Waals surface area contributed by atoms with Crippen molar-refractivity contribution in [1.82, 2.24) is 39.0 Å². The molecular formula is C48H42Cl2F4N8O6S2. The average Bonchev–Trinajstić information content (AvgIpc) is 3.87. The number of rotatable bonds is 12. The second-order valence-electron chi connectivity index (χ2n) is 16.7. The lowest BCUT2D eigenvalue weighted by Crippen LogP contribution is -2.22. The van der Waals surface area contributed by atoms with Gasteiger partial charge in [-0.1, -0.05) is 23.2 Å². The highest BCUT2D eigenvalue weighted by Gasteiger charge is 2.24. The molecule has 8 heterocycles. The highest BCUT2D eigenvalue weighted by molar-refractivity contribution is 7.16. The minimum absolute atomic E-state index is 0.0645. The Morgan fingerprint density at radius 1 is 0.600 bits per heavy atom. The maximum Gasteiger partial charge on any atom is 0.277 e. The molecule has 22 heteroatoms. The van der Waals surface area contributed by atoms with Crippen molar-refractivity contribution in [3.8, 4) is 44.0 Å². The normalized spacial score (nSPS) is 11.7. The second kappa shape index (κ2) is 20.5. The molecule has 0 spiro atoms. The highest BCUT2D eigenvalue weighted by Crippen LogP contribution is 2.36. The summed E-state index contributed by atoms with van der Waals surface area (Å²) < 4.78 is 67.9. The largest absolute Gasteiger partial charge is 0.485 e. The zero-order valence-corrected chi connectivity index (χ0v) is 41.7. The first-order valence-electron chi connectivity index (χ1n) is 20.9. The summed E-state index contributed by atoms with van der Waals surface area (Å²) in [5.41, 5.74) is -0.111. The molecule has 0 saturated carbocycles. The van der Waals surface area contributed by atoms with Crippen molar-refractivity contribution in [2.45, 2.75) is 79.8 Å². The van der Waals surface area contributed by atoms with Gasteiger partial charge in [0, 0.05) is 57.8 Å². The smallest absolute Gasteiger partial charge is 0.277 e. The van der Waals surface area contributed by atoms with Gasteiger partial charge in [-0.15, -0.1) is 22.7 Å². The summed E-state index contributed by atoms with van der Waals surface area (Å²) in [5, 5.41) is 20.1. The summed E-state index contributed by atoms with van der Waals surface area (Å²) in [6, 6.07) is 11.6. The van der Waals surface area contributed by atoms with Crippen LogP contribution >= 0.6 is 45.9 Å². The minimum Gasteiger partial charge on any atom is -0.485 e. The van der Waals surface area contributed by atoms with Crippen molar-refractivity contribution in [2.75, 3.05) is 0 Å². The van der Waals surface area contributed by atoms with Gasteiger partial charge in [0.25, 0.3) is 11.1 Å². The molecule has 0 fully saturated rings. The topological polar surface area (TPSA) is 180 Å². The summed E-state index contributed by atoms with van der Waals surface area (Å²) in [7, 11) is 0. The number of thiophene rings is 2. The van der Waals surface area contributed by atoms with Crippen molar-refractivity contribution < 1.29 is 37.2 Å². The van der Waals surface area contributed by atoms with Crippen LogP contribution in [-0.2, 0) is 24.4 Å². The van der Waals surface area contributed by atoms with Gasteiger partial charge in [0.15, 0.2) is 23.3 Å². The van der Waals surface area contributed by atoms with Gasteiger partial charge in [0.05, 0.1) is 44.9 Å². The van der Waals surface area contributed by atoms with Gasteiger partial charge in [-0.3, -0.25) is 28.7 Å². The molecule has 0 bridgehead atoms. The fourth-order valence-corrected chi connectivity index (χ4v) is 9.12. The molecule has 14 nitrogen and oxygen atoms in total. The van der Waals surface area contributed by atoms with Crippen LogP contribution in [0, 0.1) is 51.0 Å². The van der Waals surface area contributed by atoms with Crippen LogP contribution in [0.3, 0.4) is 0 Å². The summed E-state index contributed by atoms with van der Waals surface area (Å²) in [4.78, 5) is 54.1. The molecule has 8 rings (SSSR count). The van der Waals surface area contributed by atoms with E-state index in [2.05, 4.69) is 29.9 Å². The van der Waals surface area contributed by atoms with Gasteiger partial charge in [0.1, 0.15) is 69.0 Å². The molecule has 8 aromatic heterocycles. The fraction of sp³-hybridized carbons (Fsp3) is 0.250. The summed E-state index contributed by atoms with van der Waals surface area (Å²) in [6.07, 6.45) is 4.91. The highest BCUT2D eigenvalue weighted by atomic mass is 35.5. The van der Waals surface area contributed by atoms with Crippen LogP contribution in [-0.4, -0.2) is 49.3 Å². The molecule has 364 valence electrons. The zero-order valence-electron chi connectivity index (χ0n) is 38.5. The lowest BCUT2D eigenvalue weighted by atomic mass is 10.1. The number of aliphatic hydroxyl groups is 2. The molecule has 0 aromatic carbocycles. The number of nitrogens with zero attached hydrogens (tertiary/aromatic N) is 8. The molecule has 0 aliphatic carbocycles. The number of hydrogen-bond donors (Lipinski definition) is 2. The van der Waals surface area contributed by atoms with Gasteiger partial charge < -0.3 is 19.7 Å². The van der Waals surface area contributed by atoms with E-state index in [0.717, 1.165) is 31.9 Å². The third-order valence-electron chi connectivity index (χ3n) is 10.3. The maximum absolute atomic E-state index is 13.9. The van der Waals surface area contributed by atoms with Crippen molar-refractivity contribution in [2.24, 2.45) is 0 Å². The molecule has 8 aromatic rings. The van der Waals surface area contributed by atoms with Gasteiger partial charge >= 0.3 is 0 Å².